The predicted octanol–water partition coefficient (Wildman–Crippen LogP) is 8.80. The average Bonchev–Trinajstić information content (AvgIpc) is 3.10. The molecule has 296 valence electrons. The van der Waals surface area contributed by atoms with Gasteiger partial charge in [0, 0.05) is 80.2 Å². The Hall–Kier alpha value is -3.30. The van der Waals surface area contributed by atoms with E-state index in [0.29, 0.717) is 72.8 Å². The van der Waals surface area contributed by atoms with E-state index in [0.717, 1.165) is 24.3 Å². The molecule has 2 aromatic heterocycles. The van der Waals surface area contributed by atoms with Crippen LogP contribution >= 0.6 is 0 Å². The lowest BCUT2D eigenvalue weighted by Gasteiger charge is -2.41. The zero-order valence-corrected chi connectivity index (χ0v) is 32.1. The smallest absolute Gasteiger partial charge is 0.388 e. The molecule has 1 aliphatic heterocycles. The first-order valence-electron chi connectivity index (χ1n) is 18.6. The number of hydrogen-bond acceptors (Lipinski definition) is 7. The first-order chi connectivity index (χ1) is 25.2. The Kier molecular flexibility index (Phi) is 11.2. The molecule has 2 unspecified atom stereocenters. The molecule has 8 nitrogen and oxygen atoms in total. The lowest BCUT2D eigenvalue weighted by molar-refractivity contribution is -0.137. The van der Waals surface area contributed by atoms with Crippen LogP contribution in [0.4, 0.5) is 32.3 Å². The van der Waals surface area contributed by atoms with Crippen molar-refractivity contribution in [3.8, 4) is 0 Å². The van der Waals surface area contributed by atoms with Crippen molar-refractivity contribution < 1.29 is 39.9 Å². The molecule has 0 bridgehead atoms. The molecule has 2 atom stereocenters. The van der Waals surface area contributed by atoms with Crippen LogP contribution in [0, 0.1) is 5.41 Å². The third-order valence-corrected chi connectivity index (χ3v) is 13.5. The van der Waals surface area contributed by atoms with E-state index in [2.05, 4.69) is 9.97 Å². The quantitative estimate of drug-likeness (QED) is 0.217. The number of aliphatic hydroxyl groups excluding tert-OH is 1. The number of fused-ring (bicyclic) bond motifs is 1. The van der Waals surface area contributed by atoms with Crippen molar-refractivity contribution in [2.24, 2.45) is 5.41 Å². The molecule has 2 fully saturated rings. The van der Waals surface area contributed by atoms with Crippen molar-refractivity contribution in [2.75, 3.05) is 25.0 Å². The van der Waals surface area contributed by atoms with E-state index >= 15 is 4.39 Å². The van der Waals surface area contributed by atoms with E-state index in [9.17, 15) is 35.5 Å². The van der Waals surface area contributed by atoms with E-state index in [1.165, 1.54) is 11.4 Å². The highest BCUT2D eigenvalue weighted by atomic mass is 32.2. The molecule has 3 aromatic rings. The molecule has 0 spiro atoms. The number of sulfonamides is 1. The van der Waals surface area contributed by atoms with Crippen LogP contribution in [0.25, 0.3) is 0 Å². The molecule has 0 amide bonds. The van der Waals surface area contributed by atoms with E-state index in [1.54, 1.807) is 26.2 Å². The number of anilines is 1. The third kappa shape index (κ3) is 8.42. The van der Waals surface area contributed by atoms with Gasteiger partial charge in [0.25, 0.3) is 0 Å². The van der Waals surface area contributed by atoms with Crippen molar-refractivity contribution in [1.82, 2.24) is 19.3 Å². The van der Waals surface area contributed by atoms with Gasteiger partial charge in [-0.1, -0.05) is 26.0 Å². The standard InChI is InChI=1S/C39H49F6N5O3S/c1-23(2)54(52,53)49(5)22-24-20-46-36(47-21-24)50-16-12-27(13-17-50)35-33(34(40)26-6-8-28(9-7-26)39(43,44)45)31(25-10-14-38(41,42)15-11-25)32-29(48-35)18-37(3,4)19-30(32)51/h6-9,20-21,23,25,27,30,34,51H,10-19,22H2,1-5H3. The van der Waals surface area contributed by atoms with Crippen molar-refractivity contribution in [2.45, 2.75) is 127 Å². The Morgan fingerprint density at radius 1 is 0.963 bits per heavy atom. The lowest BCUT2D eigenvalue weighted by Crippen LogP contribution is -2.36. The summed E-state index contributed by atoms with van der Waals surface area (Å²) in [7, 11) is -1.96. The fraction of sp³-hybridized carbons (Fsp3) is 0.615. The van der Waals surface area contributed by atoms with Gasteiger partial charge in [-0.15, -0.1) is 0 Å². The summed E-state index contributed by atoms with van der Waals surface area (Å²) in [5.41, 5.74) is 1.61. The Morgan fingerprint density at radius 3 is 2.11 bits per heavy atom. The topological polar surface area (TPSA) is 99.5 Å². The van der Waals surface area contributed by atoms with E-state index < -0.39 is 51.1 Å². The molecule has 15 heteroatoms. The number of pyridine rings is 1. The Morgan fingerprint density at radius 2 is 1.56 bits per heavy atom. The van der Waals surface area contributed by atoms with E-state index in [1.807, 2.05) is 18.7 Å². The van der Waals surface area contributed by atoms with Crippen LogP contribution in [-0.2, 0) is 29.2 Å². The molecule has 1 saturated carbocycles. The predicted molar refractivity (Wildman–Crippen MR) is 194 cm³/mol. The van der Waals surface area contributed by atoms with Gasteiger partial charge in [0.1, 0.15) is 0 Å². The molecule has 3 heterocycles. The molecular weight excluding hydrogens is 733 g/mol. The number of nitrogens with zero attached hydrogens (tertiary/aromatic N) is 5. The molecule has 1 saturated heterocycles. The Labute approximate surface area is 313 Å². The van der Waals surface area contributed by atoms with E-state index in [-0.39, 0.29) is 54.7 Å². The summed E-state index contributed by atoms with van der Waals surface area (Å²) in [5, 5.41) is 11.0. The van der Waals surface area contributed by atoms with Gasteiger partial charge >= 0.3 is 6.18 Å². The van der Waals surface area contributed by atoms with Gasteiger partial charge in [-0.2, -0.15) is 13.2 Å². The van der Waals surface area contributed by atoms with Crippen LogP contribution in [0.1, 0.15) is 142 Å². The minimum atomic E-state index is -4.61. The highest BCUT2D eigenvalue weighted by Crippen LogP contribution is 2.52. The maximum atomic E-state index is 17.3. The van der Waals surface area contributed by atoms with Gasteiger partial charge in [-0.25, -0.2) is 35.9 Å². The van der Waals surface area contributed by atoms with Crippen molar-refractivity contribution >= 4 is 16.0 Å². The zero-order valence-electron chi connectivity index (χ0n) is 31.3. The Balaban J connectivity index is 1.36. The summed E-state index contributed by atoms with van der Waals surface area (Å²) in [6.07, 6.45) is -3.08. The van der Waals surface area contributed by atoms with Crippen LogP contribution in [-0.4, -0.2) is 64.1 Å². The molecule has 2 aliphatic carbocycles. The van der Waals surface area contributed by atoms with Gasteiger partial charge in [-0.3, -0.25) is 4.98 Å². The average molecular weight is 782 g/mol. The summed E-state index contributed by atoms with van der Waals surface area (Å²) in [6.45, 7) is 8.32. The third-order valence-electron chi connectivity index (χ3n) is 11.3. The number of piperidine rings is 1. The molecule has 0 radical (unpaired) electrons. The normalized spacial score (nSPS) is 21.7. The van der Waals surface area contributed by atoms with Crippen LogP contribution in [0.3, 0.4) is 0 Å². The van der Waals surface area contributed by atoms with Gasteiger partial charge in [0.15, 0.2) is 6.17 Å². The highest BCUT2D eigenvalue weighted by Gasteiger charge is 2.44. The fourth-order valence-corrected chi connectivity index (χ4v) is 9.42. The molecule has 1 aromatic carbocycles. The number of rotatable bonds is 9. The van der Waals surface area contributed by atoms with Gasteiger partial charge < -0.3 is 10.0 Å². The zero-order chi connectivity index (χ0) is 39.4. The maximum Gasteiger partial charge on any atom is 0.416 e. The first kappa shape index (κ1) is 40.4. The number of alkyl halides is 6. The second kappa shape index (κ2) is 15.0. The highest BCUT2D eigenvalue weighted by molar-refractivity contribution is 7.89. The second-order valence-corrected chi connectivity index (χ2v) is 19.0. The largest absolute Gasteiger partial charge is 0.416 e. The number of aromatic nitrogens is 3. The summed E-state index contributed by atoms with van der Waals surface area (Å²) in [4.78, 5) is 16.1. The Bertz CT molecular complexity index is 1900. The molecule has 54 heavy (non-hydrogen) atoms. The van der Waals surface area contributed by atoms with Crippen LogP contribution in [0.5, 0.6) is 0 Å². The SMILES string of the molecule is CC(C)S(=O)(=O)N(C)Cc1cnc(N2CCC(c3nc4c(c(C5CCC(F)(F)CC5)c3C(F)c3ccc(C(F)(F)F)cc3)C(O)CC(C)(C)C4)CC2)nc1. The minimum absolute atomic E-state index is 0.00298. The van der Waals surface area contributed by atoms with Crippen molar-refractivity contribution in [3.05, 3.63) is 81.4 Å². The van der Waals surface area contributed by atoms with Crippen LogP contribution in [0.15, 0.2) is 36.7 Å². The second-order valence-electron chi connectivity index (χ2n) is 16.4. The number of hydrogen-bond donors (Lipinski definition) is 1. The summed E-state index contributed by atoms with van der Waals surface area (Å²) >= 11 is 0. The van der Waals surface area contributed by atoms with Crippen LogP contribution < -0.4 is 4.90 Å². The fourth-order valence-electron chi connectivity index (χ4n) is 8.37. The number of halogens is 6. The van der Waals surface area contributed by atoms with Crippen LogP contribution in [0.2, 0.25) is 0 Å². The summed E-state index contributed by atoms with van der Waals surface area (Å²) in [5.74, 6) is -3.17. The molecular formula is C39H49F6N5O3S. The number of aliphatic hydroxyl groups is 1. The number of benzene rings is 1. The van der Waals surface area contributed by atoms with Gasteiger partial charge in [0.05, 0.1) is 22.6 Å². The maximum absolute atomic E-state index is 17.3. The van der Waals surface area contributed by atoms with Crippen molar-refractivity contribution in [1.29, 1.82) is 0 Å². The van der Waals surface area contributed by atoms with Gasteiger partial charge in [0.2, 0.25) is 21.9 Å². The van der Waals surface area contributed by atoms with E-state index in [4.69, 9.17) is 4.98 Å². The summed E-state index contributed by atoms with van der Waals surface area (Å²) in [6, 6.07) is 3.93. The minimum Gasteiger partial charge on any atom is -0.388 e. The van der Waals surface area contributed by atoms with Gasteiger partial charge in [-0.05, 0) is 87.0 Å². The summed E-state index contributed by atoms with van der Waals surface area (Å²) < 4.78 is 113. The molecule has 3 aliphatic rings. The lowest BCUT2D eigenvalue weighted by atomic mass is 9.68. The first-order valence-corrected chi connectivity index (χ1v) is 20.1. The monoisotopic (exact) mass is 781 g/mol. The molecule has 6 rings (SSSR count). The van der Waals surface area contributed by atoms with Crippen molar-refractivity contribution in [3.63, 3.8) is 0 Å². The molecule has 1 N–H and O–H groups in total.